The third-order valence-corrected chi connectivity index (χ3v) is 1.10. The van der Waals surface area contributed by atoms with Crippen LogP contribution in [0.3, 0.4) is 0 Å². The first-order valence-electron chi connectivity index (χ1n) is 3.47. The van der Waals surface area contributed by atoms with E-state index in [1.165, 1.54) is 0 Å². The predicted octanol–water partition coefficient (Wildman–Crippen LogP) is 1.54. The molecule has 1 unspecified atom stereocenters. The van der Waals surface area contributed by atoms with Gasteiger partial charge in [0.05, 0.1) is 0 Å². The summed E-state index contributed by atoms with van der Waals surface area (Å²) in [6.45, 7) is 7.76. The van der Waals surface area contributed by atoms with Crippen molar-refractivity contribution >= 4 is 5.91 Å². The number of rotatable bonds is 2. The van der Waals surface area contributed by atoms with Crippen LogP contribution in [-0.4, -0.2) is 5.91 Å². The minimum absolute atomic E-state index is 0.0417. The summed E-state index contributed by atoms with van der Waals surface area (Å²) < 4.78 is 0. The molecule has 0 fully saturated rings. The van der Waals surface area contributed by atoms with Crippen molar-refractivity contribution in [2.24, 2.45) is 11.7 Å². The highest BCUT2D eigenvalue weighted by Crippen LogP contribution is 1.96. The van der Waals surface area contributed by atoms with E-state index in [9.17, 15) is 4.79 Å². The van der Waals surface area contributed by atoms with Crippen molar-refractivity contribution in [3.63, 3.8) is 0 Å². The minimum atomic E-state index is -0.206. The molecule has 0 aliphatic heterocycles. The molecular weight excluding hydrogens is 114 g/mol. The van der Waals surface area contributed by atoms with Crippen molar-refractivity contribution in [3.8, 4) is 0 Å². The van der Waals surface area contributed by atoms with Crippen molar-refractivity contribution in [1.29, 1.82) is 0 Å². The normalized spacial score (nSPS) is 11.1. The second-order valence-electron chi connectivity index (χ2n) is 1.71. The Kier molecular flexibility index (Phi) is 9.37. The van der Waals surface area contributed by atoms with E-state index in [-0.39, 0.29) is 11.8 Å². The van der Waals surface area contributed by atoms with Gasteiger partial charge < -0.3 is 5.73 Å². The fourth-order valence-electron chi connectivity index (χ4n) is 0.201. The van der Waals surface area contributed by atoms with Crippen molar-refractivity contribution < 1.29 is 4.79 Å². The fraction of sp³-hybridized carbons (Fsp3) is 0.857. The predicted molar refractivity (Wildman–Crippen MR) is 40.0 cm³/mol. The first-order chi connectivity index (χ1) is 4.18. The third-order valence-electron chi connectivity index (χ3n) is 1.10. The number of amides is 1. The molecule has 0 aromatic carbocycles. The van der Waals surface area contributed by atoms with Crippen LogP contribution in [0.1, 0.15) is 34.1 Å². The van der Waals surface area contributed by atoms with E-state index < -0.39 is 0 Å². The van der Waals surface area contributed by atoms with Crippen LogP contribution in [-0.2, 0) is 4.79 Å². The average molecular weight is 131 g/mol. The maximum atomic E-state index is 10.2. The largest absolute Gasteiger partial charge is 0.369 e. The Labute approximate surface area is 57.4 Å². The lowest BCUT2D eigenvalue weighted by Gasteiger charge is -1.98. The molecule has 0 aromatic rings. The van der Waals surface area contributed by atoms with Gasteiger partial charge in [0.2, 0.25) is 5.91 Å². The van der Waals surface area contributed by atoms with Crippen LogP contribution in [0.2, 0.25) is 0 Å². The van der Waals surface area contributed by atoms with E-state index in [0.29, 0.717) is 0 Å². The summed E-state index contributed by atoms with van der Waals surface area (Å²) in [6, 6.07) is 0. The molecule has 0 aliphatic carbocycles. The van der Waals surface area contributed by atoms with Gasteiger partial charge in [-0.1, -0.05) is 27.7 Å². The molecule has 2 nitrogen and oxygen atoms in total. The molecule has 0 rings (SSSR count). The van der Waals surface area contributed by atoms with Crippen LogP contribution in [0.5, 0.6) is 0 Å². The van der Waals surface area contributed by atoms with Gasteiger partial charge in [-0.2, -0.15) is 0 Å². The monoisotopic (exact) mass is 131 g/mol. The molecule has 0 heterocycles. The van der Waals surface area contributed by atoms with Gasteiger partial charge >= 0.3 is 0 Å². The zero-order valence-corrected chi connectivity index (χ0v) is 6.77. The van der Waals surface area contributed by atoms with E-state index in [0.717, 1.165) is 6.42 Å². The summed E-state index contributed by atoms with van der Waals surface area (Å²) in [5.74, 6) is -0.164. The van der Waals surface area contributed by atoms with Gasteiger partial charge in [0, 0.05) is 5.92 Å². The number of hydrogen-bond donors (Lipinski definition) is 1. The lowest BCUT2D eigenvalue weighted by Crippen LogP contribution is -2.19. The highest BCUT2D eigenvalue weighted by molar-refractivity contribution is 5.76. The molecule has 2 heteroatoms. The summed E-state index contributed by atoms with van der Waals surface area (Å²) in [5.41, 5.74) is 4.91. The number of primary amides is 1. The Bertz CT molecular complexity index is 71.3. The third kappa shape index (κ3) is 7.47. The molecule has 0 radical (unpaired) electrons. The van der Waals surface area contributed by atoms with Gasteiger partial charge in [-0.05, 0) is 6.42 Å². The minimum Gasteiger partial charge on any atom is -0.369 e. The van der Waals surface area contributed by atoms with Gasteiger partial charge in [0.25, 0.3) is 0 Å². The second kappa shape index (κ2) is 7.47. The van der Waals surface area contributed by atoms with E-state index in [1.807, 2.05) is 27.7 Å². The topological polar surface area (TPSA) is 43.1 Å². The Morgan fingerprint density at radius 1 is 1.56 bits per heavy atom. The smallest absolute Gasteiger partial charge is 0.220 e. The average Bonchev–Trinajstić information content (AvgIpc) is 1.91. The fourth-order valence-corrected chi connectivity index (χ4v) is 0.201. The standard InChI is InChI=1S/C5H11NO.C2H6/c1-3-4(2)5(6)7;1-2/h4H,3H2,1-2H3,(H2,6,7);1-2H3. The van der Waals surface area contributed by atoms with Gasteiger partial charge in [-0.3, -0.25) is 4.79 Å². The van der Waals surface area contributed by atoms with Gasteiger partial charge in [-0.25, -0.2) is 0 Å². The van der Waals surface area contributed by atoms with Crippen molar-refractivity contribution in [2.45, 2.75) is 34.1 Å². The summed E-state index contributed by atoms with van der Waals surface area (Å²) in [6.07, 6.45) is 0.843. The van der Waals surface area contributed by atoms with Crippen LogP contribution in [0.25, 0.3) is 0 Å². The van der Waals surface area contributed by atoms with Crippen LogP contribution < -0.4 is 5.73 Å². The molecule has 9 heavy (non-hydrogen) atoms. The van der Waals surface area contributed by atoms with E-state index in [4.69, 9.17) is 5.73 Å². The zero-order chi connectivity index (χ0) is 7.86. The molecule has 1 atom stereocenters. The molecule has 0 saturated carbocycles. The molecular formula is C7H17NO. The molecule has 0 aromatic heterocycles. The highest BCUT2D eigenvalue weighted by atomic mass is 16.1. The van der Waals surface area contributed by atoms with Crippen molar-refractivity contribution in [3.05, 3.63) is 0 Å². The van der Waals surface area contributed by atoms with E-state index >= 15 is 0 Å². The highest BCUT2D eigenvalue weighted by Gasteiger charge is 2.02. The molecule has 56 valence electrons. The van der Waals surface area contributed by atoms with Gasteiger partial charge in [-0.15, -0.1) is 0 Å². The molecule has 0 aliphatic rings. The van der Waals surface area contributed by atoms with Crippen molar-refractivity contribution in [2.75, 3.05) is 0 Å². The molecule has 0 spiro atoms. The van der Waals surface area contributed by atoms with E-state index in [2.05, 4.69) is 0 Å². The van der Waals surface area contributed by atoms with Gasteiger partial charge in [0.15, 0.2) is 0 Å². The zero-order valence-electron chi connectivity index (χ0n) is 6.77. The van der Waals surface area contributed by atoms with Crippen LogP contribution in [0.4, 0.5) is 0 Å². The number of carbonyl (C=O) groups excluding carboxylic acids is 1. The lowest BCUT2D eigenvalue weighted by molar-refractivity contribution is -0.121. The quantitative estimate of drug-likeness (QED) is 0.607. The molecule has 1 amide bonds. The maximum Gasteiger partial charge on any atom is 0.220 e. The SMILES string of the molecule is CC.CCC(C)C(N)=O. The summed E-state index contributed by atoms with van der Waals surface area (Å²) >= 11 is 0. The van der Waals surface area contributed by atoms with Crippen molar-refractivity contribution in [1.82, 2.24) is 0 Å². The van der Waals surface area contributed by atoms with Crippen LogP contribution in [0.15, 0.2) is 0 Å². The first kappa shape index (κ1) is 11.3. The van der Waals surface area contributed by atoms with Gasteiger partial charge in [0.1, 0.15) is 0 Å². The molecule has 0 bridgehead atoms. The van der Waals surface area contributed by atoms with E-state index in [1.54, 1.807) is 0 Å². The summed E-state index contributed by atoms with van der Waals surface area (Å²) in [4.78, 5) is 10.2. The lowest BCUT2D eigenvalue weighted by atomic mass is 10.1. The molecule has 2 N–H and O–H groups in total. The second-order valence-corrected chi connectivity index (χ2v) is 1.71. The van der Waals surface area contributed by atoms with Crippen LogP contribution >= 0.6 is 0 Å². The Morgan fingerprint density at radius 3 is 1.89 bits per heavy atom. The maximum absolute atomic E-state index is 10.2. The number of carbonyl (C=O) groups is 1. The first-order valence-corrected chi connectivity index (χ1v) is 3.47. The summed E-state index contributed by atoms with van der Waals surface area (Å²) in [5, 5.41) is 0. The molecule has 0 saturated heterocycles. The number of nitrogens with two attached hydrogens (primary N) is 1. The Morgan fingerprint density at radius 2 is 1.89 bits per heavy atom. The van der Waals surface area contributed by atoms with Crippen LogP contribution in [0, 0.1) is 5.92 Å². The summed E-state index contributed by atoms with van der Waals surface area (Å²) in [7, 11) is 0. The Balaban J connectivity index is 0. The number of hydrogen-bond acceptors (Lipinski definition) is 1. The Hall–Kier alpha value is -0.530.